The molecule has 0 bridgehead atoms. The van der Waals surface area contributed by atoms with Crippen LogP contribution in [0.4, 0.5) is 0 Å². The van der Waals surface area contributed by atoms with Gasteiger partial charge in [0.15, 0.2) is 0 Å². The first-order valence-electron chi connectivity index (χ1n) is 9.00. The molecule has 0 radical (unpaired) electrons. The van der Waals surface area contributed by atoms with Gasteiger partial charge in [0.05, 0.1) is 0 Å². The van der Waals surface area contributed by atoms with Gasteiger partial charge in [-0.3, -0.25) is 0 Å². The van der Waals surface area contributed by atoms with Crippen molar-refractivity contribution in [3.05, 3.63) is 12.3 Å². The molecule has 0 rings (SSSR count). The fourth-order valence-electron chi connectivity index (χ4n) is 2.44. The molecule has 2 nitrogen and oxygen atoms in total. The molecular formula is C18H38N2. The van der Waals surface area contributed by atoms with E-state index in [4.69, 9.17) is 5.73 Å². The third kappa shape index (κ3) is 17.5. The van der Waals surface area contributed by atoms with Crippen LogP contribution in [0, 0.1) is 0 Å². The van der Waals surface area contributed by atoms with Crippen LogP contribution in [0.25, 0.3) is 0 Å². The first kappa shape index (κ1) is 19.5. The summed E-state index contributed by atoms with van der Waals surface area (Å²) in [6.45, 7) is 3.88. The summed E-state index contributed by atoms with van der Waals surface area (Å²) in [7, 11) is 0. The predicted molar refractivity (Wildman–Crippen MR) is 91.9 cm³/mol. The standard InChI is InChI=1S/C18H38N2/c1-2-3-4-5-6-7-8-9-10-11-12-13-14-15-17-20-18-16-19/h15,17,20H,2-14,16,18-19H2,1H3. The monoisotopic (exact) mass is 282 g/mol. The smallest absolute Gasteiger partial charge is 0.0264 e. The highest BCUT2D eigenvalue weighted by Crippen LogP contribution is 2.12. The molecule has 0 aliphatic carbocycles. The van der Waals surface area contributed by atoms with E-state index >= 15 is 0 Å². The van der Waals surface area contributed by atoms with Gasteiger partial charge in [-0.2, -0.15) is 0 Å². The zero-order valence-corrected chi connectivity index (χ0v) is 13.8. The molecule has 0 heterocycles. The largest absolute Gasteiger partial charge is 0.390 e. The number of rotatable bonds is 16. The summed E-state index contributed by atoms with van der Waals surface area (Å²) < 4.78 is 0. The lowest BCUT2D eigenvalue weighted by molar-refractivity contribution is 0.545. The molecule has 120 valence electrons. The predicted octanol–water partition coefficient (Wildman–Crippen LogP) is 5.14. The van der Waals surface area contributed by atoms with Crippen molar-refractivity contribution >= 4 is 0 Å². The molecule has 0 fully saturated rings. The highest BCUT2D eigenvalue weighted by Gasteiger charge is 1.92. The summed E-state index contributed by atoms with van der Waals surface area (Å²) in [5.41, 5.74) is 5.39. The number of nitrogens with one attached hydrogen (secondary N) is 1. The molecule has 0 saturated heterocycles. The first-order valence-corrected chi connectivity index (χ1v) is 9.00. The Morgan fingerprint density at radius 2 is 1.25 bits per heavy atom. The third-order valence-corrected chi connectivity index (χ3v) is 3.75. The van der Waals surface area contributed by atoms with E-state index in [1.807, 2.05) is 6.20 Å². The molecule has 0 saturated carbocycles. The molecule has 3 N–H and O–H groups in total. The molecule has 0 aliphatic heterocycles. The number of hydrogen-bond acceptors (Lipinski definition) is 2. The molecule has 0 unspecified atom stereocenters. The first-order chi connectivity index (χ1) is 9.91. The van der Waals surface area contributed by atoms with Gasteiger partial charge in [0, 0.05) is 13.1 Å². The van der Waals surface area contributed by atoms with Gasteiger partial charge in [0.2, 0.25) is 0 Å². The minimum absolute atomic E-state index is 0.711. The van der Waals surface area contributed by atoms with E-state index in [0.29, 0.717) is 6.54 Å². The average molecular weight is 283 g/mol. The van der Waals surface area contributed by atoms with Gasteiger partial charge in [0.1, 0.15) is 0 Å². The van der Waals surface area contributed by atoms with Gasteiger partial charge in [-0.05, 0) is 19.0 Å². The van der Waals surface area contributed by atoms with Crippen molar-refractivity contribution in [2.75, 3.05) is 13.1 Å². The summed E-state index contributed by atoms with van der Waals surface area (Å²) in [6, 6.07) is 0. The zero-order chi connectivity index (χ0) is 14.7. The molecule has 0 amide bonds. The van der Waals surface area contributed by atoms with E-state index in [-0.39, 0.29) is 0 Å². The summed E-state index contributed by atoms with van der Waals surface area (Å²) in [5.74, 6) is 0. The van der Waals surface area contributed by atoms with Crippen LogP contribution in [-0.2, 0) is 0 Å². The number of unbranched alkanes of at least 4 members (excludes halogenated alkanes) is 12. The van der Waals surface area contributed by atoms with E-state index in [1.54, 1.807) is 0 Å². The van der Waals surface area contributed by atoms with E-state index in [2.05, 4.69) is 18.3 Å². The normalized spacial score (nSPS) is 11.3. The van der Waals surface area contributed by atoms with Crippen molar-refractivity contribution in [1.29, 1.82) is 0 Å². The van der Waals surface area contributed by atoms with E-state index in [9.17, 15) is 0 Å². The quantitative estimate of drug-likeness (QED) is 0.385. The Bertz CT molecular complexity index is 190. The third-order valence-electron chi connectivity index (χ3n) is 3.75. The number of nitrogens with two attached hydrogens (primary N) is 1. The maximum absolute atomic E-state index is 5.39. The fraction of sp³-hybridized carbons (Fsp3) is 0.889. The summed E-state index contributed by atoms with van der Waals surface area (Å²) >= 11 is 0. The SMILES string of the molecule is CCCCCCCCCCCCCCC=CNCCN. The topological polar surface area (TPSA) is 38.0 Å². The maximum Gasteiger partial charge on any atom is 0.0264 e. The van der Waals surface area contributed by atoms with Crippen LogP contribution >= 0.6 is 0 Å². The molecule has 20 heavy (non-hydrogen) atoms. The number of allylic oxidation sites excluding steroid dienone is 1. The van der Waals surface area contributed by atoms with Gasteiger partial charge < -0.3 is 11.1 Å². The molecule has 0 aromatic carbocycles. The Morgan fingerprint density at radius 1 is 0.750 bits per heavy atom. The fourth-order valence-corrected chi connectivity index (χ4v) is 2.44. The lowest BCUT2D eigenvalue weighted by Crippen LogP contribution is -2.16. The minimum atomic E-state index is 0.711. The van der Waals surface area contributed by atoms with Gasteiger partial charge in [-0.25, -0.2) is 0 Å². The second-order valence-corrected chi connectivity index (χ2v) is 5.82. The number of hydrogen-bond donors (Lipinski definition) is 2. The molecule has 0 atom stereocenters. The van der Waals surface area contributed by atoms with Gasteiger partial charge in [0.25, 0.3) is 0 Å². The van der Waals surface area contributed by atoms with E-state index in [0.717, 1.165) is 6.54 Å². The molecular weight excluding hydrogens is 244 g/mol. The van der Waals surface area contributed by atoms with Crippen LogP contribution in [0.5, 0.6) is 0 Å². The van der Waals surface area contributed by atoms with Crippen molar-refractivity contribution in [3.8, 4) is 0 Å². The van der Waals surface area contributed by atoms with E-state index < -0.39 is 0 Å². The Labute approximate surface area is 127 Å². The Kier molecular flexibility index (Phi) is 18.0. The lowest BCUT2D eigenvalue weighted by Gasteiger charge is -2.02. The van der Waals surface area contributed by atoms with Gasteiger partial charge in [-0.1, -0.05) is 83.6 Å². The summed E-state index contributed by atoms with van der Waals surface area (Å²) in [4.78, 5) is 0. The van der Waals surface area contributed by atoms with Crippen molar-refractivity contribution in [1.82, 2.24) is 5.32 Å². The Balaban J connectivity index is 2.97. The van der Waals surface area contributed by atoms with Gasteiger partial charge >= 0.3 is 0 Å². The van der Waals surface area contributed by atoms with Crippen molar-refractivity contribution in [2.45, 2.75) is 90.4 Å². The molecule has 0 aromatic heterocycles. The zero-order valence-electron chi connectivity index (χ0n) is 13.8. The van der Waals surface area contributed by atoms with Crippen LogP contribution in [0.3, 0.4) is 0 Å². The Hall–Kier alpha value is -0.500. The molecule has 0 aromatic rings. The molecule has 0 aliphatic rings. The molecule has 0 spiro atoms. The van der Waals surface area contributed by atoms with Crippen molar-refractivity contribution in [2.24, 2.45) is 5.73 Å². The van der Waals surface area contributed by atoms with E-state index in [1.165, 1.54) is 83.5 Å². The lowest BCUT2D eigenvalue weighted by atomic mass is 10.0. The minimum Gasteiger partial charge on any atom is -0.390 e. The highest BCUT2D eigenvalue weighted by molar-refractivity contribution is 4.79. The van der Waals surface area contributed by atoms with Crippen LogP contribution in [0.2, 0.25) is 0 Å². The van der Waals surface area contributed by atoms with Crippen LogP contribution in [0.1, 0.15) is 90.4 Å². The average Bonchev–Trinajstić information content (AvgIpc) is 2.47. The van der Waals surface area contributed by atoms with Crippen LogP contribution in [0.15, 0.2) is 12.3 Å². The second kappa shape index (κ2) is 18.5. The molecule has 2 heteroatoms. The Morgan fingerprint density at radius 3 is 1.75 bits per heavy atom. The van der Waals surface area contributed by atoms with Crippen molar-refractivity contribution in [3.63, 3.8) is 0 Å². The highest BCUT2D eigenvalue weighted by atomic mass is 14.8. The summed E-state index contributed by atoms with van der Waals surface area (Å²) in [5, 5.41) is 3.17. The van der Waals surface area contributed by atoms with Crippen LogP contribution in [-0.4, -0.2) is 13.1 Å². The van der Waals surface area contributed by atoms with Gasteiger partial charge in [-0.15, -0.1) is 0 Å². The van der Waals surface area contributed by atoms with Crippen molar-refractivity contribution < 1.29 is 0 Å². The van der Waals surface area contributed by atoms with Crippen LogP contribution < -0.4 is 11.1 Å². The summed E-state index contributed by atoms with van der Waals surface area (Å²) in [6.07, 6.45) is 22.6. The maximum atomic E-state index is 5.39. The second-order valence-electron chi connectivity index (χ2n) is 5.82.